The zero-order chi connectivity index (χ0) is 22.5. The summed E-state index contributed by atoms with van der Waals surface area (Å²) in [5, 5.41) is 0. The minimum absolute atomic E-state index is 0.00762. The number of piperidine rings is 1. The van der Waals surface area contributed by atoms with E-state index in [-0.39, 0.29) is 11.8 Å². The first-order valence-corrected chi connectivity index (χ1v) is 10.9. The lowest BCUT2D eigenvalue weighted by Crippen LogP contribution is -2.41. The number of carbonyl (C=O) groups is 1. The number of ether oxygens (including phenoxy) is 1. The third-order valence-electron chi connectivity index (χ3n) is 5.61. The highest BCUT2D eigenvalue weighted by molar-refractivity contribution is 6.00. The number of nitrogens with zero attached hydrogens (tertiary/aromatic N) is 5. The molecule has 0 radical (unpaired) electrons. The van der Waals surface area contributed by atoms with Gasteiger partial charge in [-0.05, 0) is 31.0 Å². The second-order valence-electron chi connectivity index (χ2n) is 7.89. The summed E-state index contributed by atoms with van der Waals surface area (Å²) in [6, 6.07) is 14.8. The van der Waals surface area contributed by atoms with Gasteiger partial charge in [0.1, 0.15) is 12.0 Å². The molecule has 1 saturated heterocycles. The lowest BCUT2D eigenvalue weighted by Gasteiger charge is -2.33. The van der Waals surface area contributed by atoms with Gasteiger partial charge in [-0.25, -0.2) is 19.9 Å². The lowest BCUT2D eigenvalue weighted by molar-refractivity contribution is 0.0632. The molecule has 0 N–H and O–H groups in total. The Morgan fingerprint density at radius 2 is 1.91 bits per heavy atom. The zero-order valence-corrected chi connectivity index (χ0v) is 18.0. The molecule has 166 valence electrons. The molecule has 0 saturated carbocycles. The van der Waals surface area contributed by atoms with Crippen LogP contribution in [0.15, 0.2) is 77.8 Å². The van der Waals surface area contributed by atoms with Gasteiger partial charge in [-0.2, -0.15) is 0 Å². The monoisotopic (exact) mass is 441 g/mol. The number of rotatable bonds is 6. The molecular weight excluding hydrogens is 418 g/mol. The van der Waals surface area contributed by atoms with E-state index >= 15 is 0 Å². The van der Waals surface area contributed by atoms with Gasteiger partial charge in [0, 0.05) is 43.0 Å². The lowest BCUT2D eigenvalue weighted by atomic mass is 9.97. The quantitative estimate of drug-likeness (QED) is 0.444. The predicted octanol–water partition coefficient (Wildman–Crippen LogP) is 4.12. The van der Waals surface area contributed by atoms with Crippen LogP contribution in [0.1, 0.15) is 23.2 Å². The summed E-state index contributed by atoms with van der Waals surface area (Å²) in [4.78, 5) is 32.5. The number of oxazole rings is 1. The van der Waals surface area contributed by atoms with E-state index in [0.717, 1.165) is 24.9 Å². The number of hydrogen-bond acceptors (Lipinski definition) is 7. The van der Waals surface area contributed by atoms with Crippen molar-refractivity contribution in [3.63, 3.8) is 0 Å². The highest BCUT2D eigenvalue weighted by Gasteiger charge is 2.27. The summed E-state index contributed by atoms with van der Waals surface area (Å²) in [6.07, 6.45) is 8.38. The van der Waals surface area contributed by atoms with Crippen molar-refractivity contribution < 1.29 is 13.9 Å². The number of hydrogen-bond donors (Lipinski definition) is 0. The Morgan fingerprint density at radius 3 is 2.76 bits per heavy atom. The Labute approximate surface area is 191 Å². The number of benzene rings is 1. The van der Waals surface area contributed by atoms with Crippen LogP contribution in [0.4, 0.5) is 0 Å². The van der Waals surface area contributed by atoms with Gasteiger partial charge in [0.05, 0.1) is 18.4 Å². The molecule has 1 fully saturated rings. The predicted molar refractivity (Wildman–Crippen MR) is 121 cm³/mol. The molecule has 1 amide bonds. The first-order valence-electron chi connectivity index (χ1n) is 10.9. The molecule has 0 aliphatic carbocycles. The van der Waals surface area contributed by atoms with E-state index in [2.05, 4.69) is 19.9 Å². The van der Waals surface area contributed by atoms with Gasteiger partial charge in [-0.1, -0.05) is 24.3 Å². The second kappa shape index (κ2) is 9.60. The molecule has 1 aliphatic rings. The zero-order valence-electron chi connectivity index (χ0n) is 18.0. The van der Waals surface area contributed by atoms with Crippen LogP contribution >= 0.6 is 0 Å². The van der Waals surface area contributed by atoms with E-state index < -0.39 is 0 Å². The number of amides is 1. The van der Waals surface area contributed by atoms with Crippen molar-refractivity contribution >= 4 is 5.91 Å². The van der Waals surface area contributed by atoms with E-state index in [1.807, 2.05) is 47.4 Å². The Balaban J connectivity index is 1.26. The summed E-state index contributed by atoms with van der Waals surface area (Å²) in [5.74, 6) is 1.73. The van der Waals surface area contributed by atoms with Crippen molar-refractivity contribution in [2.24, 2.45) is 5.92 Å². The topological polar surface area (TPSA) is 94.2 Å². The molecule has 4 heterocycles. The highest BCUT2D eigenvalue weighted by Crippen LogP contribution is 2.25. The fourth-order valence-electron chi connectivity index (χ4n) is 4.03. The molecular formula is C25H23N5O3. The molecule has 0 bridgehead atoms. The van der Waals surface area contributed by atoms with Gasteiger partial charge in [0.15, 0.2) is 5.82 Å². The first kappa shape index (κ1) is 20.8. The maximum atomic E-state index is 13.4. The van der Waals surface area contributed by atoms with Crippen LogP contribution in [0.25, 0.3) is 23.0 Å². The highest BCUT2D eigenvalue weighted by atomic mass is 16.5. The van der Waals surface area contributed by atoms with Gasteiger partial charge in [0.25, 0.3) is 5.91 Å². The summed E-state index contributed by atoms with van der Waals surface area (Å²) < 4.78 is 11.3. The van der Waals surface area contributed by atoms with E-state index in [1.54, 1.807) is 24.7 Å². The van der Waals surface area contributed by atoms with Crippen molar-refractivity contribution in [1.82, 2.24) is 24.8 Å². The maximum Gasteiger partial charge on any atom is 0.254 e. The fraction of sp³-hybridized carbons (Fsp3) is 0.240. The molecule has 3 aromatic heterocycles. The van der Waals surface area contributed by atoms with Crippen molar-refractivity contribution in [3.05, 3.63) is 78.9 Å². The Morgan fingerprint density at radius 1 is 1.03 bits per heavy atom. The van der Waals surface area contributed by atoms with E-state index in [9.17, 15) is 4.79 Å². The minimum atomic E-state index is -0.00762. The van der Waals surface area contributed by atoms with Crippen molar-refractivity contribution in [2.75, 3.05) is 19.7 Å². The molecule has 1 atom stereocenters. The molecule has 8 nitrogen and oxygen atoms in total. The molecule has 33 heavy (non-hydrogen) atoms. The molecule has 1 unspecified atom stereocenters. The van der Waals surface area contributed by atoms with E-state index in [0.29, 0.717) is 42.0 Å². The molecule has 8 heteroatoms. The SMILES string of the molecule is O=C(c1ccccc1-c1ncccn1)N1CCCC(COc2cccc(-c3ncco3)n2)C1. The smallest absolute Gasteiger partial charge is 0.254 e. The van der Waals surface area contributed by atoms with Crippen LogP contribution < -0.4 is 4.74 Å². The van der Waals surface area contributed by atoms with Crippen LogP contribution in [0.5, 0.6) is 5.88 Å². The van der Waals surface area contributed by atoms with E-state index in [4.69, 9.17) is 9.15 Å². The standard InChI is InChI=1S/C25H23N5O3/c31-25(20-8-2-1-7-19(20)23-26-11-5-12-27-23)30-14-4-6-18(16-30)17-33-22-10-3-9-21(29-22)24-28-13-15-32-24/h1-3,5,7-13,15,18H,4,6,14,16-17H2. The molecule has 5 rings (SSSR count). The van der Waals surface area contributed by atoms with Crippen LogP contribution in [-0.2, 0) is 0 Å². The third kappa shape index (κ3) is 4.74. The van der Waals surface area contributed by atoms with Gasteiger partial charge < -0.3 is 14.1 Å². The summed E-state index contributed by atoms with van der Waals surface area (Å²) in [7, 11) is 0. The average Bonchev–Trinajstić information content (AvgIpc) is 3.43. The van der Waals surface area contributed by atoms with Crippen LogP contribution in [0.3, 0.4) is 0 Å². The number of aromatic nitrogens is 4. The maximum absolute atomic E-state index is 13.4. The largest absolute Gasteiger partial charge is 0.477 e. The van der Waals surface area contributed by atoms with Crippen molar-refractivity contribution in [1.29, 1.82) is 0 Å². The molecule has 1 aromatic carbocycles. The van der Waals surface area contributed by atoms with Crippen LogP contribution in [-0.4, -0.2) is 50.4 Å². The Bertz CT molecular complexity index is 1210. The Hall–Kier alpha value is -4.07. The minimum Gasteiger partial charge on any atom is -0.477 e. The van der Waals surface area contributed by atoms with Gasteiger partial charge in [-0.15, -0.1) is 0 Å². The first-order chi connectivity index (χ1) is 16.3. The molecule has 1 aliphatic heterocycles. The van der Waals surface area contributed by atoms with Crippen molar-refractivity contribution in [3.8, 4) is 28.9 Å². The average molecular weight is 441 g/mol. The van der Waals surface area contributed by atoms with Crippen LogP contribution in [0.2, 0.25) is 0 Å². The van der Waals surface area contributed by atoms with Crippen LogP contribution in [0, 0.1) is 5.92 Å². The second-order valence-corrected chi connectivity index (χ2v) is 7.89. The summed E-state index contributed by atoms with van der Waals surface area (Å²) in [6.45, 7) is 1.83. The van der Waals surface area contributed by atoms with Gasteiger partial charge in [-0.3, -0.25) is 4.79 Å². The van der Waals surface area contributed by atoms with Crippen molar-refractivity contribution in [2.45, 2.75) is 12.8 Å². The normalized spacial score (nSPS) is 15.9. The number of pyridine rings is 1. The van der Waals surface area contributed by atoms with Gasteiger partial charge >= 0.3 is 0 Å². The van der Waals surface area contributed by atoms with Gasteiger partial charge in [0.2, 0.25) is 11.8 Å². The summed E-state index contributed by atoms with van der Waals surface area (Å²) >= 11 is 0. The fourth-order valence-corrected chi connectivity index (χ4v) is 4.03. The summed E-state index contributed by atoms with van der Waals surface area (Å²) in [5.41, 5.74) is 1.98. The number of carbonyl (C=O) groups excluding carboxylic acids is 1. The Kier molecular flexibility index (Phi) is 6.06. The molecule has 4 aromatic rings. The van der Waals surface area contributed by atoms with E-state index in [1.165, 1.54) is 6.26 Å². The third-order valence-corrected chi connectivity index (χ3v) is 5.61. The molecule has 0 spiro atoms. The number of likely N-dealkylation sites (tertiary alicyclic amines) is 1.